The highest BCUT2D eigenvalue weighted by atomic mass is 16.5. The minimum atomic E-state index is -0.232. The molecule has 0 saturated heterocycles. The Bertz CT molecular complexity index is 367. The SMILES string of the molecule is C#CC(C)NC(=O)CCOc1ccccc1. The van der Waals surface area contributed by atoms with E-state index in [1.807, 2.05) is 30.3 Å². The Kier molecular flexibility index (Phi) is 4.94. The number of terminal acetylenes is 1. The zero-order chi connectivity index (χ0) is 11.8. The molecular weight excluding hydrogens is 202 g/mol. The summed E-state index contributed by atoms with van der Waals surface area (Å²) in [7, 11) is 0. The van der Waals surface area contributed by atoms with Crippen molar-refractivity contribution in [1.82, 2.24) is 5.32 Å². The Morgan fingerprint density at radius 2 is 2.19 bits per heavy atom. The van der Waals surface area contributed by atoms with Crippen LogP contribution in [-0.4, -0.2) is 18.6 Å². The largest absolute Gasteiger partial charge is 0.493 e. The smallest absolute Gasteiger partial charge is 0.224 e. The van der Waals surface area contributed by atoms with Crippen molar-refractivity contribution in [1.29, 1.82) is 0 Å². The molecular formula is C13H15NO2. The van der Waals surface area contributed by atoms with E-state index >= 15 is 0 Å². The van der Waals surface area contributed by atoms with Gasteiger partial charge in [-0.3, -0.25) is 4.79 Å². The lowest BCUT2D eigenvalue weighted by Crippen LogP contribution is -2.32. The molecule has 3 heteroatoms. The normalized spacial score (nSPS) is 11.2. The van der Waals surface area contributed by atoms with Gasteiger partial charge >= 0.3 is 0 Å². The molecule has 1 aromatic carbocycles. The molecule has 0 aromatic heterocycles. The van der Waals surface area contributed by atoms with Crippen molar-refractivity contribution < 1.29 is 9.53 Å². The van der Waals surface area contributed by atoms with Gasteiger partial charge in [-0.2, -0.15) is 0 Å². The predicted octanol–water partition coefficient (Wildman–Crippen LogP) is 1.59. The van der Waals surface area contributed by atoms with Gasteiger partial charge < -0.3 is 10.1 Å². The lowest BCUT2D eigenvalue weighted by Gasteiger charge is -2.08. The van der Waals surface area contributed by atoms with Gasteiger partial charge in [-0.1, -0.05) is 24.1 Å². The highest BCUT2D eigenvalue weighted by Crippen LogP contribution is 2.08. The number of nitrogens with one attached hydrogen (secondary N) is 1. The van der Waals surface area contributed by atoms with Crippen molar-refractivity contribution in [2.75, 3.05) is 6.61 Å². The maximum Gasteiger partial charge on any atom is 0.224 e. The molecule has 0 aliphatic rings. The van der Waals surface area contributed by atoms with Gasteiger partial charge in [0.15, 0.2) is 0 Å². The molecule has 0 radical (unpaired) electrons. The summed E-state index contributed by atoms with van der Waals surface area (Å²) in [5.41, 5.74) is 0. The van der Waals surface area contributed by atoms with Crippen LogP contribution < -0.4 is 10.1 Å². The van der Waals surface area contributed by atoms with Gasteiger partial charge in [0.2, 0.25) is 5.91 Å². The molecule has 1 rings (SSSR count). The second-order valence-corrected chi connectivity index (χ2v) is 3.37. The first-order valence-corrected chi connectivity index (χ1v) is 5.15. The zero-order valence-electron chi connectivity index (χ0n) is 9.27. The number of benzene rings is 1. The Morgan fingerprint density at radius 1 is 1.50 bits per heavy atom. The second kappa shape index (κ2) is 6.52. The Balaban J connectivity index is 2.21. The van der Waals surface area contributed by atoms with E-state index in [4.69, 9.17) is 11.2 Å². The third kappa shape index (κ3) is 4.52. The van der Waals surface area contributed by atoms with E-state index in [2.05, 4.69) is 11.2 Å². The van der Waals surface area contributed by atoms with E-state index in [0.29, 0.717) is 13.0 Å². The molecule has 1 unspecified atom stereocenters. The summed E-state index contributed by atoms with van der Waals surface area (Å²) >= 11 is 0. The second-order valence-electron chi connectivity index (χ2n) is 3.37. The van der Waals surface area contributed by atoms with Crippen LogP contribution in [0, 0.1) is 12.3 Å². The van der Waals surface area contributed by atoms with Crippen LogP contribution in [0.1, 0.15) is 13.3 Å². The summed E-state index contributed by atoms with van der Waals surface area (Å²) in [6.45, 7) is 2.11. The molecule has 0 spiro atoms. The van der Waals surface area contributed by atoms with Crippen LogP contribution in [0.4, 0.5) is 0 Å². The number of hydrogen-bond donors (Lipinski definition) is 1. The van der Waals surface area contributed by atoms with Gasteiger partial charge in [-0.05, 0) is 19.1 Å². The highest BCUT2D eigenvalue weighted by molar-refractivity contribution is 5.76. The minimum Gasteiger partial charge on any atom is -0.493 e. The molecule has 0 heterocycles. The number of para-hydroxylation sites is 1. The first kappa shape index (κ1) is 12.1. The van der Waals surface area contributed by atoms with Crippen molar-refractivity contribution in [3.63, 3.8) is 0 Å². The number of rotatable bonds is 5. The molecule has 0 aliphatic heterocycles. The molecule has 1 N–H and O–H groups in total. The van der Waals surface area contributed by atoms with Crippen LogP contribution in [0.15, 0.2) is 30.3 Å². The topological polar surface area (TPSA) is 38.3 Å². The van der Waals surface area contributed by atoms with Crippen LogP contribution in [-0.2, 0) is 4.79 Å². The van der Waals surface area contributed by atoms with Crippen LogP contribution in [0.25, 0.3) is 0 Å². The molecule has 84 valence electrons. The fourth-order valence-corrected chi connectivity index (χ4v) is 1.13. The van der Waals surface area contributed by atoms with Crippen LogP contribution in [0.3, 0.4) is 0 Å². The lowest BCUT2D eigenvalue weighted by molar-refractivity contribution is -0.121. The van der Waals surface area contributed by atoms with E-state index in [1.165, 1.54) is 0 Å². The fourth-order valence-electron chi connectivity index (χ4n) is 1.13. The third-order valence-corrected chi connectivity index (χ3v) is 1.97. The average molecular weight is 217 g/mol. The molecule has 1 amide bonds. The minimum absolute atomic E-state index is 0.0959. The van der Waals surface area contributed by atoms with Gasteiger partial charge in [0.05, 0.1) is 19.1 Å². The summed E-state index contributed by atoms with van der Waals surface area (Å²) in [4.78, 5) is 11.3. The van der Waals surface area contributed by atoms with Crippen molar-refractivity contribution in [3.8, 4) is 18.1 Å². The Morgan fingerprint density at radius 3 is 2.81 bits per heavy atom. The van der Waals surface area contributed by atoms with Crippen molar-refractivity contribution in [2.45, 2.75) is 19.4 Å². The van der Waals surface area contributed by atoms with Gasteiger partial charge in [0, 0.05) is 0 Å². The maximum atomic E-state index is 11.3. The Hall–Kier alpha value is -1.95. The number of carbonyl (C=O) groups is 1. The molecule has 0 aliphatic carbocycles. The monoisotopic (exact) mass is 217 g/mol. The third-order valence-electron chi connectivity index (χ3n) is 1.97. The highest BCUT2D eigenvalue weighted by Gasteiger charge is 2.04. The number of hydrogen-bond acceptors (Lipinski definition) is 2. The molecule has 1 atom stereocenters. The summed E-state index contributed by atoms with van der Waals surface area (Å²) in [6, 6.07) is 9.15. The van der Waals surface area contributed by atoms with Gasteiger partial charge in [0.25, 0.3) is 0 Å². The summed E-state index contributed by atoms with van der Waals surface area (Å²) in [5, 5.41) is 2.66. The number of ether oxygens (including phenoxy) is 1. The first-order chi connectivity index (χ1) is 7.72. The van der Waals surface area contributed by atoms with E-state index in [1.54, 1.807) is 6.92 Å². The molecule has 16 heavy (non-hydrogen) atoms. The molecule has 0 saturated carbocycles. The van der Waals surface area contributed by atoms with Crippen LogP contribution in [0.5, 0.6) is 5.75 Å². The lowest BCUT2D eigenvalue weighted by atomic mass is 10.3. The average Bonchev–Trinajstić information content (AvgIpc) is 2.30. The van der Waals surface area contributed by atoms with E-state index in [-0.39, 0.29) is 11.9 Å². The summed E-state index contributed by atoms with van der Waals surface area (Å²) in [5.74, 6) is 3.10. The number of amides is 1. The predicted molar refractivity (Wildman–Crippen MR) is 63.0 cm³/mol. The fraction of sp³-hybridized carbons (Fsp3) is 0.308. The maximum absolute atomic E-state index is 11.3. The Labute approximate surface area is 95.8 Å². The van der Waals surface area contributed by atoms with Crippen LogP contribution in [0.2, 0.25) is 0 Å². The van der Waals surface area contributed by atoms with Gasteiger partial charge in [-0.15, -0.1) is 6.42 Å². The van der Waals surface area contributed by atoms with Crippen molar-refractivity contribution in [3.05, 3.63) is 30.3 Å². The quantitative estimate of drug-likeness (QED) is 0.761. The summed E-state index contributed by atoms with van der Waals surface area (Å²) < 4.78 is 5.38. The molecule has 1 aromatic rings. The van der Waals surface area contributed by atoms with E-state index < -0.39 is 0 Å². The van der Waals surface area contributed by atoms with E-state index in [0.717, 1.165) is 5.75 Å². The molecule has 0 bridgehead atoms. The van der Waals surface area contributed by atoms with E-state index in [9.17, 15) is 4.79 Å². The first-order valence-electron chi connectivity index (χ1n) is 5.15. The van der Waals surface area contributed by atoms with Gasteiger partial charge in [0.1, 0.15) is 5.75 Å². The number of carbonyl (C=O) groups excluding carboxylic acids is 1. The molecule has 0 fully saturated rings. The standard InChI is InChI=1S/C13H15NO2/c1-3-11(2)14-13(15)9-10-16-12-7-5-4-6-8-12/h1,4-8,11H,9-10H2,2H3,(H,14,15). The zero-order valence-corrected chi connectivity index (χ0v) is 9.27. The van der Waals surface area contributed by atoms with Crippen molar-refractivity contribution in [2.24, 2.45) is 0 Å². The van der Waals surface area contributed by atoms with Gasteiger partial charge in [-0.25, -0.2) is 0 Å². The summed E-state index contributed by atoms with van der Waals surface area (Å²) in [6.07, 6.45) is 5.45. The molecule has 3 nitrogen and oxygen atoms in total. The van der Waals surface area contributed by atoms with Crippen LogP contribution >= 0.6 is 0 Å². The van der Waals surface area contributed by atoms with Crippen molar-refractivity contribution >= 4 is 5.91 Å².